The van der Waals surface area contributed by atoms with Crippen LogP contribution in [0.1, 0.15) is 43.5 Å². The van der Waals surface area contributed by atoms with Gasteiger partial charge in [0.1, 0.15) is 0 Å². The number of hydrogen-bond acceptors (Lipinski definition) is 3. The second-order valence-corrected chi connectivity index (χ2v) is 4.08. The zero-order valence-corrected chi connectivity index (χ0v) is 10.2. The quantitative estimate of drug-likeness (QED) is 0.693. The molecule has 0 fully saturated rings. The standard InChI is InChI=1S/C13H19NO2/c1-4-6-10(2)9-12(15)11-7-5-8-14-13(11)16-3/h5,7-8,10H,4,6,9H2,1-3H3. The van der Waals surface area contributed by atoms with Crippen LogP contribution in [0, 0.1) is 5.92 Å². The molecule has 0 saturated heterocycles. The summed E-state index contributed by atoms with van der Waals surface area (Å²) in [5.41, 5.74) is 0.591. The third-order valence-corrected chi connectivity index (χ3v) is 2.58. The fraction of sp³-hybridized carbons (Fsp3) is 0.538. The first kappa shape index (κ1) is 12.7. The van der Waals surface area contributed by atoms with E-state index < -0.39 is 0 Å². The van der Waals surface area contributed by atoms with Gasteiger partial charge in [-0.15, -0.1) is 0 Å². The average molecular weight is 221 g/mol. The van der Waals surface area contributed by atoms with Gasteiger partial charge in [-0.3, -0.25) is 4.79 Å². The second kappa shape index (κ2) is 6.26. The molecule has 0 saturated carbocycles. The van der Waals surface area contributed by atoms with Gasteiger partial charge >= 0.3 is 0 Å². The molecule has 0 aliphatic rings. The highest BCUT2D eigenvalue weighted by molar-refractivity contribution is 5.98. The molecule has 88 valence electrons. The van der Waals surface area contributed by atoms with Gasteiger partial charge in [0.05, 0.1) is 12.7 Å². The summed E-state index contributed by atoms with van der Waals surface area (Å²) >= 11 is 0. The Morgan fingerprint density at radius 1 is 1.56 bits per heavy atom. The van der Waals surface area contributed by atoms with Gasteiger partial charge in [0.25, 0.3) is 0 Å². The van der Waals surface area contributed by atoms with Crippen molar-refractivity contribution in [2.24, 2.45) is 5.92 Å². The van der Waals surface area contributed by atoms with Crippen LogP contribution in [-0.4, -0.2) is 17.9 Å². The number of Topliss-reactive ketones (excluding diaryl/α,β-unsaturated/α-hetero) is 1. The molecule has 16 heavy (non-hydrogen) atoms. The van der Waals surface area contributed by atoms with Crippen molar-refractivity contribution in [1.82, 2.24) is 4.98 Å². The van der Waals surface area contributed by atoms with Crippen LogP contribution in [0.2, 0.25) is 0 Å². The van der Waals surface area contributed by atoms with Crippen LogP contribution < -0.4 is 4.74 Å². The van der Waals surface area contributed by atoms with Crippen molar-refractivity contribution in [3.05, 3.63) is 23.9 Å². The number of carbonyl (C=O) groups is 1. The zero-order valence-electron chi connectivity index (χ0n) is 10.2. The maximum absolute atomic E-state index is 12.0. The summed E-state index contributed by atoms with van der Waals surface area (Å²) in [7, 11) is 1.54. The zero-order chi connectivity index (χ0) is 12.0. The molecular weight excluding hydrogens is 202 g/mol. The predicted octanol–water partition coefficient (Wildman–Crippen LogP) is 3.10. The van der Waals surface area contributed by atoms with E-state index in [9.17, 15) is 4.79 Å². The Hall–Kier alpha value is -1.38. The van der Waals surface area contributed by atoms with E-state index in [0.717, 1.165) is 12.8 Å². The molecule has 0 bridgehead atoms. The van der Waals surface area contributed by atoms with Gasteiger partial charge in [-0.05, 0) is 18.1 Å². The molecular formula is C13H19NO2. The van der Waals surface area contributed by atoms with Gasteiger partial charge in [0, 0.05) is 12.6 Å². The van der Waals surface area contributed by atoms with Gasteiger partial charge in [0.15, 0.2) is 5.78 Å². The number of nitrogens with zero attached hydrogens (tertiary/aromatic N) is 1. The lowest BCUT2D eigenvalue weighted by Crippen LogP contribution is -2.08. The Labute approximate surface area is 96.8 Å². The number of rotatable bonds is 6. The molecule has 1 heterocycles. The van der Waals surface area contributed by atoms with Crippen LogP contribution in [-0.2, 0) is 0 Å². The van der Waals surface area contributed by atoms with Gasteiger partial charge in [-0.1, -0.05) is 26.7 Å². The van der Waals surface area contributed by atoms with Crippen molar-refractivity contribution in [2.75, 3.05) is 7.11 Å². The van der Waals surface area contributed by atoms with E-state index in [-0.39, 0.29) is 5.78 Å². The second-order valence-electron chi connectivity index (χ2n) is 4.08. The maximum Gasteiger partial charge on any atom is 0.224 e. The van der Waals surface area contributed by atoms with Crippen LogP contribution >= 0.6 is 0 Å². The van der Waals surface area contributed by atoms with Crippen LogP contribution in [0.3, 0.4) is 0 Å². The fourth-order valence-electron chi connectivity index (χ4n) is 1.79. The minimum Gasteiger partial charge on any atom is -0.480 e. The average Bonchev–Trinajstić information content (AvgIpc) is 2.29. The lowest BCUT2D eigenvalue weighted by atomic mass is 9.96. The highest BCUT2D eigenvalue weighted by atomic mass is 16.5. The minimum atomic E-state index is 0.117. The largest absolute Gasteiger partial charge is 0.480 e. The van der Waals surface area contributed by atoms with E-state index in [1.54, 1.807) is 18.3 Å². The van der Waals surface area contributed by atoms with E-state index in [2.05, 4.69) is 18.8 Å². The fourth-order valence-corrected chi connectivity index (χ4v) is 1.79. The number of ether oxygens (including phenoxy) is 1. The first-order chi connectivity index (χ1) is 7.69. The number of hydrogen-bond donors (Lipinski definition) is 0. The number of methoxy groups -OCH3 is 1. The number of carbonyl (C=O) groups excluding carboxylic acids is 1. The molecule has 0 radical (unpaired) electrons. The van der Waals surface area contributed by atoms with Crippen LogP contribution in [0.25, 0.3) is 0 Å². The lowest BCUT2D eigenvalue weighted by Gasteiger charge is -2.10. The van der Waals surface area contributed by atoms with E-state index in [4.69, 9.17) is 4.74 Å². The maximum atomic E-state index is 12.0. The van der Waals surface area contributed by atoms with Crippen LogP contribution in [0.5, 0.6) is 5.88 Å². The summed E-state index contributed by atoms with van der Waals surface area (Å²) in [5, 5.41) is 0. The molecule has 0 aliphatic heterocycles. The van der Waals surface area contributed by atoms with Crippen molar-refractivity contribution < 1.29 is 9.53 Å². The van der Waals surface area contributed by atoms with Crippen LogP contribution in [0.15, 0.2) is 18.3 Å². The highest BCUT2D eigenvalue weighted by Gasteiger charge is 2.15. The first-order valence-electron chi connectivity index (χ1n) is 5.71. The monoisotopic (exact) mass is 221 g/mol. The summed E-state index contributed by atoms with van der Waals surface area (Å²) in [6.07, 6.45) is 4.38. The number of pyridine rings is 1. The Morgan fingerprint density at radius 2 is 2.31 bits per heavy atom. The molecule has 3 heteroatoms. The van der Waals surface area contributed by atoms with Crippen molar-refractivity contribution in [3.63, 3.8) is 0 Å². The highest BCUT2D eigenvalue weighted by Crippen LogP contribution is 2.19. The molecule has 1 rings (SSSR count). The normalized spacial score (nSPS) is 12.2. The van der Waals surface area contributed by atoms with Crippen LogP contribution in [0.4, 0.5) is 0 Å². The van der Waals surface area contributed by atoms with Crippen molar-refractivity contribution in [1.29, 1.82) is 0 Å². The Morgan fingerprint density at radius 3 is 2.94 bits per heavy atom. The van der Waals surface area contributed by atoms with Gasteiger partial charge in [-0.25, -0.2) is 4.98 Å². The molecule has 0 amide bonds. The SMILES string of the molecule is CCCC(C)CC(=O)c1cccnc1OC. The third-order valence-electron chi connectivity index (χ3n) is 2.58. The van der Waals surface area contributed by atoms with E-state index in [0.29, 0.717) is 23.8 Å². The molecule has 0 spiro atoms. The summed E-state index contributed by atoms with van der Waals surface area (Å²) < 4.78 is 5.08. The summed E-state index contributed by atoms with van der Waals surface area (Å²) in [6, 6.07) is 3.53. The van der Waals surface area contributed by atoms with E-state index in [1.807, 2.05) is 0 Å². The lowest BCUT2D eigenvalue weighted by molar-refractivity contribution is 0.0959. The Bertz CT molecular complexity index is 350. The third kappa shape index (κ3) is 3.33. The topological polar surface area (TPSA) is 39.2 Å². The molecule has 1 aromatic heterocycles. The number of aromatic nitrogens is 1. The van der Waals surface area contributed by atoms with Gasteiger partial charge in [-0.2, -0.15) is 0 Å². The molecule has 0 aliphatic carbocycles. The van der Waals surface area contributed by atoms with E-state index >= 15 is 0 Å². The van der Waals surface area contributed by atoms with Gasteiger partial charge in [0.2, 0.25) is 5.88 Å². The van der Waals surface area contributed by atoms with Gasteiger partial charge < -0.3 is 4.74 Å². The molecule has 1 atom stereocenters. The van der Waals surface area contributed by atoms with Crippen molar-refractivity contribution in [3.8, 4) is 5.88 Å². The van der Waals surface area contributed by atoms with E-state index in [1.165, 1.54) is 7.11 Å². The molecule has 1 aromatic rings. The van der Waals surface area contributed by atoms with Crippen molar-refractivity contribution in [2.45, 2.75) is 33.1 Å². The molecule has 0 aromatic carbocycles. The molecule has 1 unspecified atom stereocenters. The molecule has 0 N–H and O–H groups in total. The summed E-state index contributed by atoms with van der Waals surface area (Å²) in [4.78, 5) is 16.0. The Kier molecular flexibility index (Phi) is 4.96. The van der Waals surface area contributed by atoms with Crippen molar-refractivity contribution >= 4 is 5.78 Å². The predicted molar refractivity (Wildman–Crippen MR) is 63.8 cm³/mol. The Balaban J connectivity index is 2.72. The minimum absolute atomic E-state index is 0.117. The summed E-state index contributed by atoms with van der Waals surface area (Å²) in [6.45, 7) is 4.23. The summed E-state index contributed by atoms with van der Waals surface area (Å²) in [5.74, 6) is 0.963. The smallest absolute Gasteiger partial charge is 0.224 e. The first-order valence-corrected chi connectivity index (χ1v) is 5.71. The number of ketones is 1. The molecule has 3 nitrogen and oxygen atoms in total.